The lowest BCUT2D eigenvalue weighted by molar-refractivity contribution is -0.207. The van der Waals surface area contributed by atoms with Crippen LogP contribution >= 0.6 is 0 Å². The fourth-order valence-corrected chi connectivity index (χ4v) is 1.87. The van der Waals surface area contributed by atoms with Crippen molar-refractivity contribution in [3.8, 4) is 0 Å². The molecule has 0 aromatic heterocycles. The van der Waals surface area contributed by atoms with E-state index in [0.29, 0.717) is 0 Å². The van der Waals surface area contributed by atoms with E-state index < -0.39 is 42.4 Å². The third-order valence-electron chi connectivity index (χ3n) is 2.98. The van der Waals surface area contributed by atoms with E-state index in [4.69, 9.17) is 14.6 Å². The van der Waals surface area contributed by atoms with Crippen molar-refractivity contribution in [1.82, 2.24) is 10.2 Å². The molecule has 0 atom stereocenters. The number of carboxylic acids is 1. The van der Waals surface area contributed by atoms with E-state index in [0.717, 1.165) is 17.1 Å². The summed E-state index contributed by atoms with van der Waals surface area (Å²) in [6.45, 7) is -0.463. The van der Waals surface area contributed by atoms with Crippen LogP contribution < -0.4 is 5.32 Å². The highest BCUT2D eigenvalue weighted by Gasteiger charge is 2.32. The summed E-state index contributed by atoms with van der Waals surface area (Å²) in [7, 11) is 0. The van der Waals surface area contributed by atoms with Crippen molar-refractivity contribution in [2.24, 2.45) is 5.92 Å². The van der Waals surface area contributed by atoms with Crippen LogP contribution in [0.4, 0.5) is 0 Å². The Labute approximate surface area is 119 Å². The molecule has 0 aromatic rings. The molecule has 0 saturated carbocycles. The van der Waals surface area contributed by atoms with E-state index in [1.54, 1.807) is 0 Å². The smallest absolute Gasteiger partial charge is 0.322 e. The zero-order chi connectivity index (χ0) is 15.4. The molecule has 0 aliphatic carbocycles. The summed E-state index contributed by atoms with van der Waals surface area (Å²) in [6, 6.07) is 0. The van der Waals surface area contributed by atoms with Crippen molar-refractivity contribution in [2.75, 3.05) is 26.3 Å². The molecule has 1 saturated heterocycles. The number of ether oxygens (including phenoxy) is 2. The van der Waals surface area contributed by atoms with Crippen LogP contribution in [0.1, 0.15) is 0 Å². The molecular formula is C12H14N2O7. The minimum Gasteiger partial charge on any atom is -0.480 e. The van der Waals surface area contributed by atoms with Crippen LogP contribution in [-0.4, -0.2) is 66.3 Å². The molecule has 2 aliphatic heterocycles. The Kier molecular flexibility index (Phi) is 4.66. The van der Waals surface area contributed by atoms with Gasteiger partial charge in [0.15, 0.2) is 6.29 Å². The molecule has 114 valence electrons. The predicted molar refractivity (Wildman–Crippen MR) is 65.7 cm³/mol. The first-order valence-electron chi connectivity index (χ1n) is 6.23. The van der Waals surface area contributed by atoms with Crippen LogP contribution in [0.25, 0.3) is 0 Å². The number of nitrogens with zero attached hydrogens (tertiary/aromatic N) is 1. The normalized spacial score (nSPS) is 25.2. The number of amides is 3. The summed E-state index contributed by atoms with van der Waals surface area (Å²) in [5.74, 6) is -3.12. The van der Waals surface area contributed by atoms with Gasteiger partial charge in [0.2, 0.25) is 5.91 Å². The Balaban J connectivity index is 1.75. The summed E-state index contributed by atoms with van der Waals surface area (Å²) in [6.07, 6.45) is 1.53. The Morgan fingerprint density at radius 1 is 1.24 bits per heavy atom. The maximum Gasteiger partial charge on any atom is 0.322 e. The summed E-state index contributed by atoms with van der Waals surface area (Å²) in [5, 5.41) is 10.7. The molecule has 21 heavy (non-hydrogen) atoms. The SMILES string of the molecule is O=C(O)CNC(=O)C1COC(CN2C(=O)C=CC2=O)OC1. The predicted octanol–water partition coefficient (Wildman–Crippen LogP) is -1.90. The third kappa shape index (κ3) is 3.86. The van der Waals surface area contributed by atoms with E-state index >= 15 is 0 Å². The second-order valence-corrected chi connectivity index (χ2v) is 4.53. The van der Waals surface area contributed by atoms with E-state index in [2.05, 4.69) is 5.32 Å². The highest BCUT2D eigenvalue weighted by atomic mass is 16.7. The van der Waals surface area contributed by atoms with Crippen molar-refractivity contribution in [3.05, 3.63) is 12.2 Å². The Morgan fingerprint density at radius 2 is 1.81 bits per heavy atom. The van der Waals surface area contributed by atoms with Crippen LogP contribution in [0.3, 0.4) is 0 Å². The highest BCUT2D eigenvalue weighted by molar-refractivity contribution is 6.12. The fraction of sp³-hybridized carbons (Fsp3) is 0.500. The molecule has 3 amide bonds. The number of rotatable bonds is 5. The zero-order valence-corrected chi connectivity index (χ0v) is 11.0. The number of nitrogens with one attached hydrogen (secondary N) is 1. The first-order valence-corrected chi connectivity index (χ1v) is 6.23. The van der Waals surface area contributed by atoms with Gasteiger partial charge < -0.3 is 19.9 Å². The van der Waals surface area contributed by atoms with Crippen molar-refractivity contribution in [1.29, 1.82) is 0 Å². The average Bonchev–Trinajstić information content (AvgIpc) is 2.77. The topological polar surface area (TPSA) is 122 Å². The van der Waals surface area contributed by atoms with Crippen molar-refractivity contribution < 1.29 is 33.8 Å². The van der Waals surface area contributed by atoms with Crippen LogP contribution in [0, 0.1) is 5.92 Å². The largest absolute Gasteiger partial charge is 0.480 e. The summed E-state index contributed by atoms with van der Waals surface area (Å²) in [5.41, 5.74) is 0. The van der Waals surface area contributed by atoms with Gasteiger partial charge in [-0.1, -0.05) is 0 Å². The number of carbonyl (C=O) groups excluding carboxylic acids is 3. The molecule has 0 aromatic carbocycles. The number of carbonyl (C=O) groups is 4. The number of imide groups is 1. The van der Waals surface area contributed by atoms with Crippen molar-refractivity contribution in [3.63, 3.8) is 0 Å². The van der Waals surface area contributed by atoms with Crippen molar-refractivity contribution >= 4 is 23.7 Å². The third-order valence-corrected chi connectivity index (χ3v) is 2.98. The molecule has 9 nitrogen and oxygen atoms in total. The zero-order valence-electron chi connectivity index (χ0n) is 11.0. The number of aliphatic carboxylic acids is 1. The first-order chi connectivity index (χ1) is 9.97. The first kappa shape index (κ1) is 15.1. The minimum atomic E-state index is -1.14. The van der Waals surface area contributed by atoms with Gasteiger partial charge in [-0.05, 0) is 0 Å². The van der Waals surface area contributed by atoms with Gasteiger partial charge >= 0.3 is 5.97 Å². The second-order valence-electron chi connectivity index (χ2n) is 4.53. The van der Waals surface area contributed by atoms with Gasteiger partial charge in [0, 0.05) is 12.2 Å². The maximum atomic E-state index is 11.6. The standard InChI is InChI=1S/C12H14N2O7/c15-8-1-2-9(16)14(8)4-11-20-5-7(6-21-11)12(19)13-3-10(17)18/h1-2,7,11H,3-6H2,(H,13,19)(H,17,18). The van der Waals surface area contributed by atoms with E-state index in [1.165, 1.54) is 0 Å². The lowest BCUT2D eigenvalue weighted by Gasteiger charge is -2.30. The van der Waals surface area contributed by atoms with E-state index in [1.807, 2.05) is 0 Å². The Morgan fingerprint density at radius 3 is 2.33 bits per heavy atom. The fourth-order valence-electron chi connectivity index (χ4n) is 1.87. The quantitative estimate of drug-likeness (QED) is 0.568. The molecule has 2 heterocycles. The molecule has 2 aliphatic rings. The van der Waals surface area contributed by atoms with Crippen LogP contribution in [0.2, 0.25) is 0 Å². The molecule has 0 spiro atoms. The van der Waals surface area contributed by atoms with Gasteiger partial charge in [0.05, 0.1) is 25.7 Å². The van der Waals surface area contributed by atoms with Gasteiger partial charge in [-0.15, -0.1) is 0 Å². The van der Waals surface area contributed by atoms with Gasteiger partial charge in [-0.25, -0.2) is 0 Å². The average molecular weight is 298 g/mol. The molecular weight excluding hydrogens is 284 g/mol. The van der Waals surface area contributed by atoms with Crippen LogP contribution in [0.15, 0.2) is 12.2 Å². The summed E-state index contributed by atoms with van der Waals surface area (Å²) in [4.78, 5) is 45.7. The summed E-state index contributed by atoms with van der Waals surface area (Å²) >= 11 is 0. The number of hydrogen-bond acceptors (Lipinski definition) is 6. The van der Waals surface area contributed by atoms with E-state index in [9.17, 15) is 19.2 Å². The molecule has 0 unspecified atom stereocenters. The maximum absolute atomic E-state index is 11.6. The molecule has 2 rings (SSSR count). The number of carboxylic acid groups (broad SMARTS) is 1. The monoisotopic (exact) mass is 298 g/mol. The lowest BCUT2D eigenvalue weighted by atomic mass is 10.1. The Hall–Kier alpha value is -2.26. The Bertz CT molecular complexity index is 476. The van der Waals surface area contributed by atoms with E-state index in [-0.39, 0.29) is 19.8 Å². The summed E-state index contributed by atoms with van der Waals surface area (Å²) < 4.78 is 10.5. The molecule has 0 bridgehead atoms. The van der Waals surface area contributed by atoms with Crippen molar-refractivity contribution in [2.45, 2.75) is 6.29 Å². The van der Waals surface area contributed by atoms with Gasteiger partial charge in [-0.2, -0.15) is 0 Å². The minimum absolute atomic E-state index is 0.0275. The number of hydrogen-bond donors (Lipinski definition) is 2. The van der Waals surface area contributed by atoms with Crippen LogP contribution in [-0.2, 0) is 28.7 Å². The molecule has 2 N–H and O–H groups in total. The molecule has 1 fully saturated rings. The van der Waals surface area contributed by atoms with Gasteiger partial charge in [0.1, 0.15) is 6.54 Å². The lowest BCUT2D eigenvalue weighted by Crippen LogP contribution is -2.47. The second kappa shape index (κ2) is 6.46. The highest BCUT2D eigenvalue weighted by Crippen LogP contribution is 2.14. The molecule has 9 heteroatoms. The van der Waals surface area contributed by atoms with Gasteiger partial charge in [0.25, 0.3) is 11.8 Å². The molecule has 0 radical (unpaired) electrons. The van der Waals surface area contributed by atoms with Crippen LogP contribution in [0.5, 0.6) is 0 Å². The van der Waals surface area contributed by atoms with Gasteiger partial charge in [-0.3, -0.25) is 24.1 Å².